The Morgan fingerprint density at radius 1 is 1.02 bits per heavy atom. The van der Waals surface area contributed by atoms with Crippen LogP contribution in [0.25, 0.3) is 11.3 Å². The first-order chi connectivity index (χ1) is 19.7. The van der Waals surface area contributed by atoms with Crippen molar-refractivity contribution >= 4 is 34.9 Å². The van der Waals surface area contributed by atoms with Gasteiger partial charge in [-0.05, 0) is 68.3 Å². The van der Waals surface area contributed by atoms with Gasteiger partial charge in [-0.25, -0.2) is 18.7 Å². The molecule has 1 aromatic heterocycles. The maximum atomic E-state index is 14.8. The average Bonchev–Trinajstić information content (AvgIpc) is 3.10. The lowest BCUT2D eigenvalue weighted by atomic mass is 9.91. The summed E-state index contributed by atoms with van der Waals surface area (Å²) in [4.78, 5) is 28.5. The molecule has 0 aliphatic carbocycles. The summed E-state index contributed by atoms with van der Waals surface area (Å²) in [5, 5.41) is 3.59. The molecule has 0 atom stereocenters. The van der Waals surface area contributed by atoms with Crippen LogP contribution >= 0.6 is 11.6 Å². The molecule has 1 saturated heterocycles. The van der Waals surface area contributed by atoms with Gasteiger partial charge in [0.15, 0.2) is 0 Å². The number of nitrogens with zero attached hydrogens (tertiary/aromatic N) is 4. The summed E-state index contributed by atoms with van der Waals surface area (Å²) in [7, 11) is 0. The van der Waals surface area contributed by atoms with Crippen LogP contribution in [0.1, 0.15) is 46.8 Å². The fraction of sp³-hybridized carbons (Fsp3) is 0.226. The summed E-state index contributed by atoms with van der Waals surface area (Å²) in [6.07, 6.45) is 3.18. The highest BCUT2D eigenvalue weighted by molar-refractivity contribution is 6.31. The number of fused-ring (bicyclic) bond motifs is 3. The van der Waals surface area contributed by atoms with E-state index < -0.39 is 11.6 Å². The fourth-order valence-electron chi connectivity index (χ4n) is 5.15. The minimum Gasteiger partial charge on any atom is -0.339 e. The van der Waals surface area contributed by atoms with Gasteiger partial charge in [-0.1, -0.05) is 23.7 Å². The number of anilines is 2. The van der Waals surface area contributed by atoms with Gasteiger partial charge in [0.2, 0.25) is 5.95 Å². The van der Waals surface area contributed by atoms with Crippen LogP contribution in [0.4, 0.5) is 20.4 Å². The van der Waals surface area contributed by atoms with Crippen molar-refractivity contribution < 1.29 is 13.6 Å². The zero-order valence-electron chi connectivity index (χ0n) is 22.3. The Morgan fingerprint density at radius 3 is 2.44 bits per heavy atom. The van der Waals surface area contributed by atoms with E-state index >= 15 is 0 Å². The van der Waals surface area contributed by atoms with Crippen LogP contribution < -0.4 is 11.1 Å². The van der Waals surface area contributed by atoms with E-state index in [9.17, 15) is 13.6 Å². The monoisotopic (exact) mass is 572 g/mol. The van der Waals surface area contributed by atoms with E-state index in [1.54, 1.807) is 48.7 Å². The number of halogens is 3. The Morgan fingerprint density at radius 2 is 1.73 bits per heavy atom. The van der Waals surface area contributed by atoms with E-state index in [1.165, 1.54) is 18.2 Å². The molecule has 1 fully saturated rings. The van der Waals surface area contributed by atoms with E-state index in [-0.39, 0.29) is 29.3 Å². The highest BCUT2D eigenvalue weighted by Gasteiger charge is 2.29. The number of piperidine rings is 1. The van der Waals surface area contributed by atoms with Crippen molar-refractivity contribution in [2.75, 3.05) is 18.4 Å². The summed E-state index contributed by atoms with van der Waals surface area (Å²) in [5.74, 6) is -1.13. The number of carbonyl (C=O) groups excluding carboxylic acids is 1. The van der Waals surface area contributed by atoms with Crippen molar-refractivity contribution in [1.29, 1.82) is 0 Å². The van der Waals surface area contributed by atoms with Crippen molar-refractivity contribution in [2.45, 2.75) is 31.8 Å². The van der Waals surface area contributed by atoms with Crippen LogP contribution in [0.15, 0.2) is 71.9 Å². The summed E-state index contributed by atoms with van der Waals surface area (Å²) >= 11 is 6.30. The number of carbonyl (C=O) groups is 1. The molecule has 2 aliphatic heterocycles. The van der Waals surface area contributed by atoms with Gasteiger partial charge in [0.05, 0.1) is 23.5 Å². The molecule has 208 valence electrons. The third kappa shape index (κ3) is 5.42. The molecular formula is C31H27ClF2N6O. The predicted molar refractivity (Wildman–Crippen MR) is 156 cm³/mol. The largest absolute Gasteiger partial charge is 0.339 e. The van der Waals surface area contributed by atoms with Gasteiger partial charge in [-0.3, -0.25) is 9.79 Å². The first-order valence-electron chi connectivity index (χ1n) is 13.3. The normalized spacial score (nSPS) is 15.8. The van der Waals surface area contributed by atoms with Crippen LogP contribution in [-0.2, 0) is 6.54 Å². The molecule has 0 saturated carbocycles. The fourth-order valence-corrected chi connectivity index (χ4v) is 5.32. The topological polar surface area (TPSA) is 96.5 Å². The summed E-state index contributed by atoms with van der Waals surface area (Å²) in [6, 6.07) is 16.0. The van der Waals surface area contributed by atoms with Gasteiger partial charge in [0, 0.05) is 57.8 Å². The molecule has 4 aromatic rings. The molecule has 0 unspecified atom stereocenters. The lowest BCUT2D eigenvalue weighted by molar-refractivity contribution is 0.0681. The number of nitrogens with one attached hydrogen (secondary N) is 1. The zero-order valence-corrected chi connectivity index (χ0v) is 23.1. The van der Waals surface area contributed by atoms with Crippen LogP contribution in [0, 0.1) is 11.6 Å². The molecular weight excluding hydrogens is 546 g/mol. The molecule has 3 N–H and O–H groups in total. The number of aliphatic imine (C=N–C) groups is 1. The zero-order chi connectivity index (χ0) is 28.7. The number of amides is 1. The van der Waals surface area contributed by atoms with Gasteiger partial charge >= 0.3 is 0 Å². The molecule has 0 spiro atoms. The number of hydrogen-bond donors (Lipinski definition) is 2. The van der Waals surface area contributed by atoms with Crippen molar-refractivity contribution in [1.82, 2.24) is 14.9 Å². The Bertz CT molecular complexity index is 1660. The molecule has 41 heavy (non-hydrogen) atoms. The number of aromatic nitrogens is 2. The molecule has 2 aliphatic rings. The van der Waals surface area contributed by atoms with Crippen molar-refractivity contribution in [3.05, 3.63) is 106 Å². The summed E-state index contributed by atoms with van der Waals surface area (Å²) < 4.78 is 29.6. The molecule has 0 bridgehead atoms. The van der Waals surface area contributed by atoms with Crippen LogP contribution in [0.5, 0.6) is 0 Å². The van der Waals surface area contributed by atoms with Gasteiger partial charge in [-0.15, -0.1) is 0 Å². The Balaban J connectivity index is 1.27. The minimum atomic E-state index is -0.714. The smallest absolute Gasteiger partial charge is 0.253 e. The van der Waals surface area contributed by atoms with Gasteiger partial charge in [-0.2, -0.15) is 0 Å². The minimum absolute atomic E-state index is 0.0225. The molecule has 0 radical (unpaired) electrons. The SMILES string of the molecule is CC1(N)CCN(C(=O)c2ccc(Nc3ncc4c(n3)-c3ccc(Cl)cc3C(c3c(F)cccc3F)=NC4)cc2)CC1. The molecule has 6 rings (SSSR count). The molecule has 10 heteroatoms. The van der Waals surface area contributed by atoms with E-state index in [1.807, 2.05) is 11.8 Å². The quantitative estimate of drug-likeness (QED) is 0.307. The second-order valence-corrected chi connectivity index (χ2v) is 11.1. The van der Waals surface area contributed by atoms with Crippen LogP contribution in [-0.4, -0.2) is 45.1 Å². The Labute approximate surface area is 241 Å². The number of nitrogens with two attached hydrogens (primary N) is 1. The first-order valence-corrected chi connectivity index (χ1v) is 13.7. The molecule has 7 nitrogen and oxygen atoms in total. The van der Waals surface area contributed by atoms with E-state index in [2.05, 4.69) is 15.3 Å². The Kier molecular flexibility index (Phi) is 7.01. The van der Waals surface area contributed by atoms with Crippen LogP contribution in [0.2, 0.25) is 5.02 Å². The van der Waals surface area contributed by atoms with E-state index in [0.29, 0.717) is 57.7 Å². The lowest BCUT2D eigenvalue weighted by Crippen LogP contribution is -2.49. The highest BCUT2D eigenvalue weighted by atomic mass is 35.5. The molecule has 1 amide bonds. The maximum absolute atomic E-state index is 14.8. The van der Waals surface area contributed by atoms with Crippen LogP contribution in [0.3, 0.4) is 0 Å². The molecule has 3 aromatic carbocycles. The Hall–Kier alpha value is -4.21. The molecule has 3 heterocycles. The number of hydrogen-bond acceptors (Lipinski definition) is 6. The number of likely N-dealkylation sites (tertiary alicyclic amines) is 1. The maximum Gasteiger partial charge on any atom is 0.253 e. The van der Waals surface area contributed by atoms with Gasteiger partial charge in [0.25, 0.3) is 5.91 Å². The van der Waals surface area contributed by atoms with E-state index in [0.717, 1.165) is 12.8 Å². The predicted octanol–water partition coefficient (Wildman–Crippen LogP) is 6.12. The third-order valence-corrected chi connectivity index (χ3v) is 7.78. The third-order valence-electron chi connectivity index (χ3n) is 7.54. The summed E-state index contributed by atoms with van der Waals surface area (Å²) in [6.45, 7) is 3.41. The second kappa shape index (κ2) is 10.6. The summed E-state index contributed by atoms with van der Waals surface area (Å²) in [5.41, 5.74) is 9.59. The second-order valence-electron chi connectivity index (χ2n) is 10.7. The van der Waals surface area contributed by atoms with Gasteiger partial charge in [0.1, 0.15) is 11.6 Å². The van der Waals surface area contributed by atoms with Crippen molar-refractivity contribution in [3.63, 3.8) is 0 Å². The van der Waals surface area contributed by atoms with E-state index in [4.69, 9.17) is 22.3 Å². The lowest BCUT2D eigenvalue weighted by Gasteiger charge is -2.36. The van der Waals surface area contributed by atoms with Crippen molar-refractivity contribution in [3.8, 4) is 11.3 Å². The number of rotatable bonds is 4. The number of benzene rings is 3. The van der Waals surface area contributed by atoms with Gasteiger partial charge < -0.3 is 16.0 Å². The standard InChI is InChI=1S/C31H27ClF2N6O/c1-31(35)11-13-40(14-12-31)29(41)18-5-8-21(9-6-18)38-30-37-17-19-16-36-28(26-24(33)3-2-4-25(26)34)23-15-20(32)7-10-22(23)27(19)39-30/h2-10,15,17H,11-14,16,35H2,1H3,(H,37,38,39). The average molecular weight is 573 g/mol. The highest BCUT2D eigenvalue weighted by Crippen LogP contribution is 2.35. The first kappa shape index (κ1) is 27.0. The van der Waals surface area contributed by atoms with Crippen molar-refractivity contribution in [2.24, 2.45) is 10.7 Å².